The van der Waals surface area contributed by atoms with Crippen molar-refractivity contribution in [1.29, 1.82) is 0 Å². The molecule has 0 saturated heterocycles. The molecular weight excluding hydrogens is 510 g/mol. The first-order valence-electron chi connectivity index (χ1n) is 10.3. The monoisotopic (exact) mass is 527 g/mol. The number of aromatic hydroxyl groups is 1. The Bertz CT molecular complexity index is 1460. The van der Waals surface area contributed by atoms with Gasteiger partial charge >= 0.3 is 0 Å². The van der Waals surface area contributed by atoms with Gasteiger partial charge < -0.3 is 14.3 Å². The Labute approximate surface area is 200 Å². The van der Waals surface area contributed by atoms with E-state index in [1.807, 2.05) is 6.92 Å². The highest BCUT2D eigenvalue weighted by atomic mass is 79.9. The maximum Gasteiger partial charge on any atom is 0.297 e. The molecule has 0 spiro atoms. The topological polar surface area (TPSA) is 106 Å². The number of aryl methyl sites for hydroxylation is 1. The zero-order valence-electron chi connectivity index (χ0n) is 17.7. The molecule has 2 aromatic heterocycles. The fourth-order valence-electron chi connectivity index (χ4n) is 3.91. The fraction of sp³-hybridized carbons (Fsp3) is 0.217. The number of carbonyl (C=O) groups is 1. The molecule has 1 unspecified atom stereocenters. The van der Waals surface area contributed by atoms with E-state index >= 15 is 0 Å². The van der Waals surface area contributed by atoms with Crippen molar-refractivity contribution < 1.29 is 19.1 Å². The molecule has 33 heavy (non-hydrogen) atoms. The lowest BCUT2D eigenvalue weighted by Crippen LogP contribution is -2.29. The molecule has 168 valence electrons. The van der Waals surface area contributed by atoms with Gasteiger partial charge in [-0.05, 0) is 49.2 Å². The number of amides is 1. The first-order valence-corrected chi connectivity index (χ1v) is 11.9. The number of ether oxygens (including phenoxy) is 1. The van der Waals surface area contributed by atoms with Crippen LogP contribution < -0.4 is 15.1 Å². The molecule has 2 aromatic carbocycles. The number of hydrogen-bond acceptors (Lipinski definition) is 8. The van der Waals surface area contributed by atoms with Crippen molar-refractivity contribution in [3.63, 3.8) is 0 Å². The molecular formula is C23H18BrN3O5S. The third kappa shape index (κ3) is 3.50. The van der Waals surface area contributed by atoms with Crippen molar-refractivity contribution in [2.24, 2.45) is 0 Å². The lowest BCUT2D eigenvalue weighted by atomic mass is 9.98. The second kappa shape index (κ2) is 8.27. The molecule has 3 heterocycles. The Kier molecular flexibility index (Phi) is 5.41. The zero-order valence-corrected chi connectivity index (χ0v) is 20.1. The van der Waals surface area contributed by atoms with E-state index in [1.165, 1.54) is 22.3 Å². The first kappa shape index (κ1) is 21.6. The van der Waals surface area contributed by atoms with E-state index in [-0.39, 0.29) is 28.3 Å². The van der Waals surface area contributed by atoms with Gasteiger partial charge in [0.05, 0.1) is 23.6 Å². The highest BCUT2D eigenvalue weighted by molar-refractivity contribution is 9.10. The van der Waals surface area contributed by atoms with Crippen molar-refractivity contribution in [3.8, 4) is 11.5 Å². The van der Waals surface area contributed by atoms with Crippen molar-refractivity contribution in [1.82, 2.24) is 10.2 Å². The number of hydrogen-bond donors (Lipinski definition) is 1. The van der Waals surface area contributed by atoms with Crippen LogP contribution in [0.5, 0.6) is 11.5 Å². The predicted molar refractivity (Wildman–Crippen MR) is 127 cm³/mol. The largest absolute Gasteiger partial charge is 0.504 e. The number of carbonyl (C=O) groups excluding carboxylic acids is 1. The lowest BCUT2D eigenvalue weighted by molar-refractivity contribution is 0.0970. The number of aromatic nitrogens is 2. The van der Waals surface area contributed by atoms with Crippen LogP contribution in [0, 0.1) is 0 Å². The number of halogens is 1. The maximum absolute atomic E-state index is 13.6. The van der Waals surface area contributed by atoms with Gasteiger partial charge in [-0.2, -0.15) is 0 Å². The van der Waals surface area contributed by atoms with E-state index < -0.39 is 11.9 Å². The Balaban J connectivity index is 1.79. The smallest absolute Gasteiger partial charge is 0.297 e. The van der Waals surface area contributed by atoms with Gasteiger partial charge in [-0.25, -0.2) is 0 Å². The summed E-state index contributed by atoms with van der Waals surface area (Å²) in [5.41, 5.74) is 0.813. The molecule has 0 saturated carbocycles. The molecule has 1 atom stereocenters. The van der Waals surface area contributed by atoms with Crippen LogP contribution in [-0.2, 0) is 6.42 Å². The summed E-state index contributed by atoms with van der Waals surface area (Å²) in [4.78, 5) is 28.6. The molecule has 1 N–H and O–H groups in total. The van der Waals surface area contributed by atoms with Gasteiger partial charge in [0, 0.05) is 4.47 Å². The van der Waals surface area contributed by atoms with Crippen LogP contribution in [0.2, 0.25) is 0 Å². The molecule has 4 aromatic rings. The Morgan fingerprint density at radius 2 is 2.00 bits per heavy atom. The molecule has 1 aliphatic rings. The van der Waals surface area contributed by atoms with E-state index in [1.54, 1.807) is 37.3 Å². The number of phenolic OH excluding ortho intramolecular Hbond substituents is 1. The highest BCUT2D eigenvalue weighted by Crippen LogP contribution is 2.44. The van der Waals surface area contributed by atoms with Crippen LogP contribution in [0.1, 0.15) is 46.6 Å². The second-order valence-electron chi connectivity index (χ2n) is 7.38. The molecule has 5 rings (SSSR count). The van der Waals surface area contributed by atoms with Crippen molar-refractivity contribution in [2.45, 2.75) is 26.3 Å². The van der Waals surface area contributed by atoms with Crippen LogP contribution in [0.4, 0.5) is 5.13 Å². The van der Waals surface area contributed by atoms with Gasteiger partial charge in [0.15, 0.2) is 16.9 Å². The summed E-state index contributed by atoms with van der Waals surface area (Å²) < 4.78 is 12.2. The molecule has 1 aliphatic heterocycles. The van der Waals surface area contributed by atoms with Gasteiger partial charge in [0.25, 0.3) is 5.91 Å². The SMILES string of the molecule is CCOc1cc(C2c3c(oc4ccc(Br)cc4c3=O)C(=O)N2c2nnc(CC)s2)ccc1O. The lowest BCUT2D eigenvalue weighted by Gasteiger charge is -2.22. The number of fused-ring (bicyclic) bond motifs is 2. The first-order chi connectivity index (χ1) is 15.9. The minimum Gasteiger partial charge on any atom is -0.504 e. The molecule has 0 bridgehead atoms. The average Bonchev–Trinajstić information content (AvgIpc) is 3.39. The van der Waals surface area contributed by atoms with Crippen LogP contribution in [0.3, 0.4) is 0 Å². The van der Waals surface area contributed by atoms with Crippen molar-refractivity contribution in [3.05, 3.63) is 73.0 Å². The van der Waals surface area contributed by atoms with Gasteiger partial charge in [0.2, 0.25) is 10.9 Å². The summed E-state index contributed by atoms with van der Waals surface area (Å²) in [6.07, 6.45) is 0.667. The normalized spacial score (nSPS) is 15.3. The third-order valence-electron chi connectivity index (χ3n) is 5.40. The Morgan fingerprint density at radius 1 is 1.18 bits per heavy atom. The summed E-state index contributed by atoms with van der Waals surface area (Å²) in [7, 11) is 0. The predicted octanol–water partition coefficient (Wildman–Crippen LogP) is 4.82. The van der Waals surface area contributed by atoms with E-state index in [0.717, 1.165) is 9.48 Å². The van der Waals surface area contributed by atoms with E-state index in [4.69, 9.17) is 9.15 Å². The van der Waals surface area contributed by atoms with Crippen LogP contribution in [0.25, 0.3) is 11.0 Å². The summed E-state index contributed by atoms with van der Waals surface area (Å²) in [6.45, 7) is 4.10. The quantitative estimate of drug-likeness (QED) is 0.396. The summed E-state index contributed by atoms with van der Waals surface area (Å²) in [5, 5.41) is 20.0. The van der Waals surface area contributed by atoms with Gasteiger partial charge in [0.1, 0.15) is 10.6 Å². The minimum absolute atomic E-state index is 0.0286. The van der Waals surface area contributed by atoms with E-state index in [2.05, 4.69) is 26.1 Å². The fourth-order valence-corrected chi connectivity index (χ4v) is 5.08. The summed E-state index contributed by atoms with van der Waals surface area (Å²) >= 11 is 4.68. The Hall–Kier alpha value is -3.24. The summed E-state index contributed by atoms with van der Waals surface area (Å²) in [6, 6.07) is 9.03. The van der Waals surface area contributed by atoms with Crippen LogP contribution >= 0.6 is 27.3 Å². The highest BCUT2D eigenvalue weighted by Gasteiger charge is 2.45. The number of phenols is 1. The molecule has 1 amide bonds. The van der Waals surface area contributed by atoms with Crippen molar-refractivity contribution in [2.75, 3.05) is 11.5 Å². The van der Waals surface area contributed by atoms with Gasteiger partial charge in [-0.15, -0.1) is 10.2 Å². The number of nitrogens with zero attached hydrogens (tertiary/aromatic N) is 3. The maximum atomic E-state index is 13.6. The van der Waals surface area contributed by atoms with Gasteiger partial charge in [-0.1, -0.05) is 40.3 Å². The van der Waals surface area contributed by atoms with Crippen LogP contribution in [-0.4, -0.2) is 27.8 Å². The standard InChI is InChI=1S/C23H18BrN3O5S/c1-3-17-25-26-23(33-17)27-19(11-5-7-14(28)16(9-11)31-4-2)18-20(29)13-10-12(24)6-8-15(13)32-21(18)22(27)30/h5-10,19,28H,3-4H2,1-2H3. The molecule has 0 fully saturated rings. The van der Waals surface area contributed by atoms with E-state index in [9.17, 15) is 14.7 Å². The molecule has 0 radical (unpaired) electrons. The molecule has 10 heteroatoms. The third-order valence-corrected chi connectivity index (χ3v) is 6.96. The summed E-state index contributed by atoms with van der Waals surface area (Å²) in [5.74, 6) is -0.272. The van der Waals surface area contributed by atoms with Gasteiger partial charge in [-0.3, -0.25) is 14.5 Å². The Morgan fingerprint density at radius 3 is 2.73 bits per heavy atom. The van der Waals surface area contributed by atoms with Crippen molar-refractivity contribution >= 4 is 49.3 Å². The number of rotatable bonds is 5. The average molecular weight is 528 g/mol. The molecule has 8 nitrogen and oxygen atoms in total. The zero-order chi connectivity index (χ0) is 23.3. The number of benzene rings is 2. The molecule has 0 aliphatic carbocycles. The number of anilines is 1. The van der Waals surface area contributed by atoms with E-state index in [0.29, 0.717) is 34.7 Å². The second-order valence-corrected chi connectivity index (χ2v) is 9.34. The van der Waals surface area contributed by atoms with Crippen LogP contribution in [0.15, 0.2) is 50.1 Å². The minimum atomic E-state index is -0.815.